The van der Waals surface area contributed by atoms with Gasteiger partial charge in [0.05, 0.1) is 24.0 Å². The molecular formula is C13H15Br2NO4S. The molecule has 0 heterocycles. The molecule has 1 aromatic carbocycles. The van der Waals surface area contributed by atoms with Crippen molar-refractivity contribution in [3.63, 3.8) is 0 Å². The SMILES string of the molecule is COC(=O)C1CCCC1S(=O)(=O)Nc1c(Br)cccc1Br. The Morgan fingerprint density at radius 2 is 1.90 bits per heavy atom. The maximum atomic E-state index is 12.6. The number of hydrogen-bond acceptors (Lipinski definition) is 4. The number of methoxy groups -OCH3 is 1. The summed E-state index contributed by atoms with van der Waals surface area (Å²) in [5.74, 6) is -1.07. The number of rotatable bonds is 4. The summed E-state index contributed by atoms with van der Waals surface area (Å²) >= 11 is 6.64. The Labute approximate surface area is 140 Å². The zero-order valence-corrected chi connectivity index (χ0v) is 15.3. The third-order valence-corrected chi connectivity index (χ3v) is 6.73. The van der Waals surface area contributed by atoms with Gasteiger partial charge in [-0.1, -0.05) is 12.5 Å². The van der Waals surface area contributed by atoms with Gasteiger partial charge in [-0.05, 0) is 56.8 Å². The third kappa shape index (κ3) is 3.60. The van der Waals surface area contributed by atoms with Crippen LogP contribution >= 0.6 is 31.9 Å². The fourth-order valence-electron chi connectivity index (χ4n) is 2.53. The highest BCUT2D eigenvalue weighted by atomic mass is 79.9. The second kappa shape index (κ2) is 6.66. The van der Waals surface area contributed by atoms with Gasteiger partial charge in [0.2, 0.25) is 10.0 Å². The normalized spacial score (nSPS) is 22.0. The first-order chi connectivity index (χ1) is 9.86. The largest absolute Gasteiger partial charge is 0.469 e. The van der Waals surface area contributed by atoms with Crippen LogP contribution in [0.5, 0.6) is 0 Å². The number of hydrogen-bond donors (Lipinski definition) is 1. The predicted octanol–water partition coefficient (Wildman–Crippen LogP) is 3.30. The van der Waals surface area contributed by atoms with Crippen molar-refractivity contribution in [2.75, 3.05) is 11.8 Å². The van der Waals surface area contributed by atoms with E-state index < -0.39 is 27.2 Å². The summed E-state index contributed by atoms with van der Waals surface area (Å²) in [6.45, 7) is 0. The smallest absolute Gasteiger partial charge is 0.310 e. The lowest BCUT2D eigenvalue weighted by molar-refractivity contribution is -0.145. The molecule has 5 nitrogen and oxygen atoms in total. The number of benzene rings is 1. The van der Waals surface area contributed by atoms with Crippen LogP contribution in [-0.4, -0.2) is 26.7 Å². The monoisotopic (exact) mass is 439 g/mol. The van der Waals surface area contributed by atoms with Crippen LogP contribution in [0.25, 0.3) is 0 Å². The van der Waals surface area contributed by atoms with E-state index in [1.165, 1.54) is 7.11 Å². The van der Waals surface area contributed by atoms with Gasteiger partial charge >= 0.3 is 5.97 Å². The van der Waals surface area contributed by atoms with Gasteiger partial charge in [-0.25, -0.2) is 8.42 Å². The summed E-state index contributed by atoms with van der Waals surface area (Å²) in [7, 11) is -2.39. The lowest BCUT2D eigenvalue weighted by atomic mass is 10.1. The van der Waals surface area contributed by atoms with Crippen molar-refractivity contribution in [1.29, 1.82) is 0 Å². The molecule has 2 atom stereocenters. The van der Waals surface area contributed by atoms with Crippen molar-refractivity contribution in [2.45, 2.75) is 24.5 Å². The van der Waals surface area contributed by atoms with Gasteiger partial charge in [-0.2, -0.15) is 0 Å². The number of nitrogens with one attached hydrogen (secondary N) is 1. The van der Waals surface area contributed by atoms with Crippen molar-refractivity contribution in [3.05, 3.63) is 27.1 Å². The van der Waals surface area contributed by atoms with Gasteiger partial charge in [0.1, 0.15) is 0 Å². The average Bonchev–Trinajstić information content (AvgIpc) is 2.92. The van der Waals surface area contributed by atoms with Gasteiger partial charge in [0, 0.05) is 8.95 Å². The minimum absolute atomic E-state index is 0.438. The zero-order valence-electron chi connectivity index (χ0n) is 11.3. The Morgan fingerprint density at radius 1 is 1.29 bits per heavy atom. The fraction of sp³-hybridized carbons (Fsp3) is 0.462. The highest BCUT2D eigenvalue weighted by molar-refractivity contribution is 9.11. The van der Waals surface area contributed by atoms with Crippen LogP contribution in [0, 0.1) is 5.92 Å². The molecule has 1 aliphatic rings. The fourth-order valence-corrected chi connectivity index (χ4v) is 5.80. The van der Waals surface area contributed by atoms with Crippen molar-refractivity contribution in [3.8, 4) is 0 Å². The van der Waals surface area contributed by atoms with Crippen LogP contribution in [0.2, 0.25) is 0 Å². The zero-order chi connectivity index (χ0) is 15.6. The standard InChI is InChI=1S/C13H15Br2NO4S/c1-20-13(17)8-4-2-7-11(8)21(18,19)16-12-9(14)5-3-6-10(12)15/h3,5-6,8,11,16H,2,4,7H2,1H3. The molecule has 0 saturated heterocycles. The van der Waals surface area contributed by atoms with Gasteiger partial charge in [0.15, 0.2) is 0 Å². The highest BCUT2D eigenvalue weighted by Gasteiger charge is 2.42. The van der Waals surface area contributed by atoms with E-state index in [0.717, 1.165) is 0 Å². The number of ether oxygens (including phenoxy) is 1. The number of para-hydroxylation sites is 1. The molecule has 2 rings (SSSR count). The maximum Gasteiger partial charge on any atom is 0.310 e. The summed E-state index contributed by atoms with van der Waals surface area (Å²) in [4.78, 5) is 11.7. The average molecular weight is 441 g/mol. The van der Waals surface area contributed by atoms with E-state index in [-0.39, 0.29) is 0 Å². The predicted molar refractivity (Wildman–Crippen MR) is 87.5 cm³/mol. The Hall–Kier alpha value is -0.600. The van der Waals surface area contributed by atoms with Crippen molar-refractivity contribution in [2.24, 2.45) is 5.92 Å². The Bertz CT molecular complexity index is 627. The summed E-state index contributed by atoms with van der Waals surface area (Å²) in [5.41, 5.74) is 0.438. The van der Waals surface area contributed by atoms with Crippen molar-refractivity contribution in [1.82, 2.24) is 0 Å². The molecule has 116 valence electrons. The van der Waals surface area contributed by atoms with Crippen LogP contribution in [0.15, 0.2) is 27.1 Å². The lowest BCUT2D eigenvalue weighted by Gasteiger charge is -2.20. The summed E-state index contributed by atoms with van der Waals surface area (Å²) in [6, 6.07) is 5.28. The van der Waals surface area contributed by atoms with Crippen molar-refractivity contribution >= 4 is 53.5 Å². The van der Waals surface area contributed by atoms with Crippen LogP contribution in [0.4, 0.5) is 5.69 Å². The lowest BCUT2D eigenvalue weighted by Crippen LogP contribution is -2.35. The maximum absolute atomic E-state index is 12.6. The molecule has 0 radical (unpaired) electrons. The van der Waals surface area contributed by atoms with Crippen LogP contribution in [0.3, 0.4) is 0 Å². The summed E-state index contributed by atoms with van der Waals surface area (Å²) in [5, 5.41) is -0.760. The molecule has 8 heteroatoms. The van der Waals surface area contributed by atoms with E-state index >= 15 is 0 Å². The third-order valence-electron chi connectivity index (χ3n) is 3.56. The van der Waals surface area contributed by atoms with Crippen LogP contribution < -0.4 is 4.72 Å². The Kier molecular flexibility index (Phi) is 5.32. The van der Waals surface area contributed by atoms with E-state index in [2.05, 4.69) is 36.6 Å². The molecule has 1 aliphatic carbocycles. The minimum atomic E-state index is -3.67. The number of sulfonamides is 1. The van der Waals surface area contributed by atoms with E-state index in [4.69, 9.17) is 4.74 Å². The number of halogens is 2. The van der Waals surface area contributed by atoms with Gasteiger partial charge < -0.3 is 4.74 Å². The molecule has 1 aromatic rings. The quantitative estimate of drug-likeness (QED) is 0.729. The first-order valence-electron chi connectivity index (χ1n) is 6.40. The molecule has 0 amide bonds. The molecule has 1 saturated carbocycles. The number of esters is 1. The molecule has 0 spiro atoms. The number of carbonyl (C=O) groups is 1. The number of anilines is 1. The number of carbonyl (C=O) groups excluding carboxylic acids is 1. The van der Waals surface area contributed by atoms with Gasteiger partial charge in [-0.3, -0.25) is 9.52 Å². The summed E-state index contributed by atoms with van der Waals surface area (Å²) < 4.78 is 33.7. The molecule has 2 unspecified atom stereocenters. The molecule has 21 heavy (non-hydrogen) atoms. The second-order valence-electron chi connectivity index (χ2n) is 4.84. The molecule has 0 bridgehead atoms. The first-order valence-corrected chi connectivity index (χ1v) is 9.53. The minimum Gasteiger partial charge on any atom is -0.469 e. The van der Waals surface area contributed by atoms with E-state index in [1.54, 1.807) is 18.2 Å². The molecule has 1 N–H and O–H groups in total. The molecule has 1 fully saturated rings. The highest BCUT2D eigenvalue weighted by Crippen LogP contribution is 2.36. The van der Waals surface area contributed by atoms with Gasteiger partial charge in [0.25, 0.3) is 0 Å². The topological polar surface area (TPSA) is 72.5 Å². The molecule has 0 aliphatic heterocycles. The van der Waals surface area contributed by atoms with Crippen LogP contribution in [0.1, 0.15) is 19.3 Å². The second-order valence-corrected chi connectivity index (χ2v) is 8.45. The molecular weight excluding hydrogens is 426 g/mol. The summed E-state index contributed by atoms with van der Waals surface area (Å²) in [6.07, 6.45) is 1.69. The Balaban J connectivity index is 2.28. The van der Waals surface area contributed by atoms with E-state index in [1.807, 2.05) is 0 Å². The Morgan fingerprint density at radius 3 is 2.48 bits per heavy atom. The van der Waals surface area contributed by atoms with E-state index in [0.29, 0.717) is 33.9 Å². The van der Waals surface area contributed by atoms with Crippen molar-refractivity contribution < 1.29 is 17.9 Å². The van der Waals surface area contributed by atoms with Gasteiger partial charge in [-0.15, -0.1) is 0 Å². The first kappa shape index (κ1) is 16.8. The van der Waals surface area contributed by atoms with E-state index in [9.17, 15) is 13.2 Å². The van der Waals surface area contributed by atoms with Crippen LogP contribution in [-0.2, 0) is 19.6 Å². The molecule has 0 aromatic heterocycles.